The van der Waals surface area contributed by atoms with Gasteiger partial charge in [-0.05, 0) is 36.9 Å². The Balaban J connectivity index is 2.04. The van der Waals surface area contributed by atoms with Gasteiger partial charge >= 0.3 is 5.97 Å². The maximum absolute atomic E-state index is 12.2. The van der Waals surface area contributed by atoms with Crippen LogP contribution < -0.4 is 5.32 Å². The monoisotopic (exact) mass is 306 g/mol. The van der Waals surface area contributed by atoms with Crippen molar-refractivity contribution in [2.75, 3.05) is 6.54 Å². The van der Waals surface area contributed by atoms with Crippen molar-refractivity contribution in [3.05, 3.63) is 40.8 Å². The van der Waals surface area contributed by atoms with Gasteiger partial charge in [-0.1, -0.05) is 6.92 Å². The molecule has 0 radical (unpaired) electrons. The molecule has 0 aliphatic carbocycles. The average Bonchev–Trinajstić information content (AvgIpc) is 3.13. The second-order valence-corrected chi connectivity index (χ2v) is 5.48. The van der Waals surface area contributed by atoms with Crippen molar-refractivity contribution in [1.29, 1.82) is 0 Å². The first-order valence-electron chi connectivity index (χ1n) is 6.83. The van der Waals surface area contributed by atoms with Gasteiger partial charge in [0.1, 0.15) is 4.88 Å². The highest BCUT2D eigenvalue weighted by molar-refractivity contribution is 7.12. The van der Waals surface area contributed by atoms with Crippen LogP contribution in [0.5, 0.6) is 0 Å². The molecule has 1 N–H and O–H groups in total. The molecule has 6 heteroatoms. The van der Waals surface area contributed by atoms with E-state index in [-0.39, 0.29) is 5.91 Å². The Morgan fingerprint density at radius 1 is 1.38 bits per heavy atom. The molecule has 1 atom stereocenters. The quantitative estimate of drug-likeness (QED) is 0.835. The number of amides is 1. The van der Waals surface area contributed by atoms with E-state index in [1.54, 1.807) is 6.92 Å². The maximum Gasteiger partial charge on any atom is 0.351 e. The van der Waals surface area contributed by atoms with Crippen LogP contribution in [0.15, 0.2) is 36.0 Å². The molecule has 112 valence electrons. The van der Waals surface area contributed by atoms with Crippen LogP contribution in [0.1, 0.15) is 29.9 Å². The summed E-state index contributed by atoms with van der Waals surface area (Å²) < 4.78 is 7.08. The normalized spacial score (nSPS) is 11.9. The molecule has 1 unspecified atom stereocenters. The van der Waals surface area contributed by atoms with Gasteiger partial charge in [0.15, 0.2) is 6.10 Å². The SMILES string of the molecule is CCCNC(=O)C(C)OC(=O)c1sccc1-n1cccc1. The Hall–Kier alpha value is -2.08. The highest BCUT2D eigenvalue weighted by Gasteiger charge is 2.21. The number of hydrogen-bond acceptors (Lipinski definition) is 4. The molecule has 1 amide bonds. The number of hydrogen-bond donors (Lipinski definition) is 1. The van der Waals surface area contributed by atoms with Crippen LogP contribution in [0.4, 0.5) is 0 Å². The van der Waals surface area contributed by atoms with E-state index in [0.29, 0.717) is 11.4 Å². The number of aromatic nitrogens is 1. The molecule has 21 heavy (non-hydrogen) atoms. The maximum atomic E-state index is 12.2. The third-order valence-corrected chi connectivity index (χ3v) is 3.80. The Bertz CT molecular complexity index is 604. The molecule has 2 rings (SSSR count). The molecule has 2 heterocycles. The van der Waals surface area contributed by atoms with Crippen LogP contribution in [0.25, 0.3) is 5.69 Å². The van der Waals surface area contributed by atoms with Gasteiger partial charge in [-0.3, -0.25) is 4.79 Å². The number of thiophene rings is 1. The second-order valence-electron chi connectivity index (χ2n) is 4.56. The van der Waals surface area contributed by atoms with Gasteiger partial charge in [0, 0.05) is 18.9 Å². The first-order valence-corrected chi connectivity index (χ1v) is 7.71. The van der Waals surface area contributed by atoms with Crippen molar-refractivity contribution in [2.24, 2.45) is 0 Å². The number of ether oxygens (including phenoxy) is 1. The highest BCUT2D eigenvalue weighted by Crippen LogP contribution is 2.22. The van der Waals surface area contributed by atoms with Crippen LogP contribution in [0, 0.1) is 0 Å². The van der Waals surface area contributed by atoms with E-state index >= 15 is 0 Å². The average molecular weight is 306 g/mol. The predicted octanol–water partition coefficient (Wildman–Crippen LogP) is 2.61. The second kappa shape index (κ2) is 7.08. The zero-order chi connectivity index (χ0) is 15.2. The molecule has 0 aromatic carbocycles. The largest absolute Gasteiger partial charge is 0.448 e. The van der Waals surface area contributed by atoms with E-state index in [1.165, 1.54) is 11.3 Å². The number of carbonyl (C=O) groups is 2. The van der Waals surface area contributed by atoms with Crippen molar-refractivity contribution in [3.8, 4) is 5.69 Å². The first-order chi connectivity index (χ1) is 10.1. The van der Waals surface area contributed by atoms with Crippen LogP contribution in [0.3, 0.4) is 0 Å². The van der Waals surface area contributed by atoms with Crippen LogP contribution in [-0.4, -0.2) is 29.1 Å². The van der Waals surface area contributed by atoms with E-state index in [1.807, 2.05) is 47.5 Å². The fourth-order valence-electron chi connectivity index (χ4n) is 1.81. The third kappa shape index (κ3) is 3.72. The van der Waals surface area contributed by atoms with E-state index in [2.05, 4.69) is 5.32 Å². The van der Waals surface area contributed by atoms with Crippen molar-refractivity contribution < 1.29 is 14.3 Å². The third-order valence-electron chi connectivity index (χ3n) is 2.91. The van der Waals surface area contributed by atoms with Crippen LogP contribution in [0.2, 0.25) is 0 Å². The highest BCUT2D eigenvalue weighted by atomic mass is 32.1. The number of rotatable bonds is 6. The van der Waals surface area contributed by atoms with Crippen LogP contribution in [-0.2, 0) is 9.53 Å². The molecule has 0 aliphatic rings. The van der Waals surface area contributed by atoms with Crippen molar-refractivity contribution in [1.82, 2.24) is 9.88 Å². The molecular weight excluding hydrogens is 288 g/mol. The smallest absolute Gasteiger partial charge is 0.351 e. The summed E-state index contributed by atoms with van der Waals surface area (Å²) in [5.41, 5.74) is 0.760. The lowest BCUT2D eigenvalue weighted by Crippen LogP contribution is -2.36. The molecule has 0 aliphatic heterocycles. The van der Waals surface area contributed by atoms with Gasteiger partial charge in [-0.2, -0.15) is 0 Å². The Labute approximate surface area is 127 Å². The zero-order valence-electron chi connectivity index (χ0n) is 12.0. The first kappa shape index (κ1) is 15.3. The lowest BCUT2D eigenvalue weighted by atomic mass is 10.3. The summed E-state index contributed by atoms with van der Waals surface area (Å²) in [6, 6.07) is 5.62. The molecule has 5 nitrogen and oxygen atoms in total. The van der Waals surface area contributed by atoms with E-state index in [9.17, 15) is 9.59 Å². The summed E-state index contributed by atoms with van der Waals surface area (Å²) in [6.07, 6.45) is 3.75. The summed E-state index contributed by atoms with van der Waals surface area (Å²) in [6.45, 7) is 4.12. The number of nitrogens with one attached hydrogen (secondary N) is 1. The lowest BCUT2D eigenvalue weighted by Gasteiger charge is -2.13. The minimum absolute atomic E-state index is 0.274. The van der Waals surface area contributed by atoms with Gasteiger partial charge in [-0.15, -0.1) is 11.3 Å². The molecule has 0 spiro atoms. The van der Waals surface area contributed by atoms with E-state index in [4.69, 9.17) is 4.74 Å². The molecule has 0 saturated carbocycles. The summed E-state index contributed by atoms with van der Waals surface area (Å²) in [7, 11) is 0. The van der Waals surface area contributed by atoms with Crippen molar-refractivity contribution in [3.63, 3.8) is 0 Å². The summed E-state index contributed by atoms with van der Waals surface area (Å²) in [4.78, 5) is 24.4. The van der Waals surface area contributed by atoms with Gasteiger partial charge in [0.2, 0.25) is 0 Å². The fourth-order valence-corrected chi connectivity index (χ4v) is 2.58. The number of carbonyl (C=O) groups excluding carboxylic acids is 2. The molecular formula is C15H18N2O3S. The topological polar surface area (TPSA) is 60.3 Å². The van der Waals surface area contributed by atoms with Crippen molar-refractivity contribution in [2.45, 2.75) is 26.4 Å². The van der Waals surface area contributed by atoms with Crippen LogP contribution >= 0.6 is 11.3 Å². The molecule has 2 aromatic rings. The summed E-state index contributed by atoms with van der Waals surface area (Å²) >= 11 is 1.30. The van der Waals surface area contributed by atoms with Gasteiger partial charge in [-0.25, -0.2) is 4.79 Å². The molecule has 2 aromatic heterocycles. The van der Waals surface area contributed by atoms with Gasteiger partial charge in [0.05, 0.1) is 5.69 Å². The van der Waals surface area contributed by atoms with Crippen molar-refractivity contribution >= 4 is 23.2 Å². The fraction of sp³-hybridized carbons (Fsp3) is 0.333. The Morgan fingerprint density at radius 2 is 2.10 bits per heavy atom. The zero-order valence-corrected chi connectivity index (χ0v) is 12.9. The molecule has 0 fully saturated rings. The number of esters is 1. The Morgan fingerprint density at radius 3 is 2.76 bits per heavy atom. The van der Waals surface area contributed by atoms with Gasteiger partial charge in [0.25, 0.3) is 5.91 Å². The predicted molar refractivity (Wildman–Crippen MR) is 81.8 cm³/mol. The minimum Gasteiger partial charge on any atom is -0.448 e. The summed E-state index contributed by atoms with van der Waals surface area (Å²) in [5.74, 6) is -0.753. The van der Waals surface area contributed by atoms with E-state index < -0.39 is 12.1 Å². The number of nitrogens with zero attached hydrogens (tertiary/aromatic N) is 1. The lowest BCUT2D eigenvalue weighted by molar-refractivity contribution is -0.129. The Kier molecular flexibility index (Phi) is 5.16. The summed E-state index contributed by atoms with van der Waals surface area (Å²) in [5, 5.41) is 4.53. The standard InChI is InChI=1S/C15H18N2O3S/c1-3-7-16-14(18)11(2)20-15(19)13-12(6-10-21-13)17-8-4-5-9-17/h4-6,8-11H,3,7H2,1-2H3,(H,16,18). The molecule has 0 bridgehead atoms. The van der Waals surface area contributed by atoms with E-state index in [0.717, 1.165) is 12.1 Å². The molecule has 0 saturated heterocycles. The van der Waals surface area contributed by atoms with Gasteiger partial charge < -0.3 is 14.6 Å². The minimum atomic E-state index is -0.802.